The highest BCUT2D eigenvalue weighted by Crippen LogP contribution is 2.15. The van der Waals surface area contributed by atoms with Gasteiger partial charge in [0.05, 0.1) is 6.61 Å². The molecule has 1 saturated heterocycles. The summed E-state index contributed by atoms with van der Waals surface area (Å²) in [5.41, 5.74) is 0. The average Bonchev–Trinajstić information content (AvgIpc) is 2.41. The topological polar surface area (TPSA) is 38.8 Å². The Bertz CT molecular complexity index is 401. The van der Waals surface area contributed by atoms with Crippen molar-refractivity contribution in [3.63, 3.8) is 0 Å². The van der Waals surface area contributed by atoms with Crippen molar-refractivity contribution in [2.45, 2.75) is 25.9 Å². The van der Waals surface area contributed by atoms with Crippen LogP contribution < -0.4 is 4.74 Å². The van der Waals surface area contributed by atoms with Crippen LogP contribution in [0.4, 0.5) is 4.39 Å². The molecule has 1 aromatic rings. The van der Waals surface area contributed by atoms with E-state index in [4.69, 9.17) is 9.57 Å². The van der Waals surface area contributed by atoms with Gasteiger partial charge in [-0.2, -0.15) is 0 Å². The van der Waals surface area contributed by atoms with Gasteiger partial charge in [-0.05, 0) is 44.0 Å². The molecule has 0 N–H and O–H groups in total. The predicted molar refractivity (Wildman–Crippen MR) is 63.4 cm³/mol. The molecule has 5 heteroatoms. The van der Waals surface area contributed by atoms with Gasteiger partial charge < -0.3 is 4.74 Å². The van der Waals surface area contributed by atoms with E-state index in [2.05, 4.69) is 0 Å². The first-order chi connectivity index (χ1) is 8.66. The fourth-order valence-electron chi connectivity index (χ4n) is 1.74. The van der Waals surface area contributed by atoms with Gasteiger partial charge in [-0.25, -0.2) is 9.45 Å². The molecule has 1 aliphatic rings. The Morgan fingerprint density at radius 2 is 2.11 bits per heavy atom. The summed E-state index contributed by atoms with van der Waals surface area (Å²) in [6, 6.07) is 5.58. The van der Waals surface area contributed by atoms with E-state index < -0.39 is 6.10 Å². The first kappa shape index (κ1) is 12.8. The van der Waals surface area contributed by atoms with E-state index in [9.17, 15) is 9.18 Å². The van der Waals surface area contributed by atoms with Crippen molar-refractivity contribution >= 4 is 5.91 Å². The average molecular weight is 253 g/mol. The molecular formula is C13H16FNO3. The van der Waals surface area contributed by atoms with Crippen LogP contribution in [0.15, 0.2) is 24.3 Å². The second kappa shape index (κ2) is 5.82. The van der Waals surface area contributed by atoms with Gasteiger partial charge >= 0.3 is 0 Å². The van der Waals surface area contributed by atoms with Crippen LogP contribution in [-0.4, -0.2) is 30.2 Å². The third kappa shape index (κ3) is 3.20. The molecular weight excluding hydrogens is 237 g/mol. The Labute approximate surface area is 105 Å². The summed E-state index contributed by atoms with van der Waals surface area (Å²) in [6.45, 7) is 2.81. The molecule has 1 atom stereocenters. The summed E-state index contributed by atoms with van der Waals surface area (Å²) in [6.07, 6.45) is 1.26. The van der Waals surface area contributed by atoms with Crippen molar-refractivity contribution in [2.24, 2.45) is 0 Å². The first-order valence-corrected chi connectivity index (χ1v) is 6.03. The lowest BCUT2D eigenvalue weighted by Crippen LogP contribution is -2.43. The predicted octanol–water partition coefficient (Wildman–Crippen LogP) is 2.15. The highest BCUT2D eigenvalue weighted by molar-refractivity contribution is 5.79. The standard InChI is InChI=1S/C13H16FNO3/c1-10(13(16)15-8-2-3-9-17-15)18-12-6-4-11(14)5-7-12/h4-7,10H,2-3,8-9H2,1H3. The molecule has 0 bridgehead atoms. The van der Waals surface area contributed by atoms with E-state index in [1.165, 1.54) is 29.3 Å². The quantitative estimate of drug-likeness (QED) is 0.828. The normalized spacial score (nSPS) is 17.3. The van der Waals surface area contributed by atoms with E-state index >= 15 is 0 Å². The zero-order valence-electron chi connectivity index (χ0n) is 10.3. The molecule has 1 unspecified atom stereocenters. The monoisotopic (exact) mass is 253 g/mol. The van der Waals surface area contributed by atoms with E-state index in [-0.39, 0.29) is 11.7 Å². The Kier molecular flexibility index (Phi) is 4.15. The van der Waals surface area contributed by atoms with Crippen LogP contribution in [0.5, 0.6) is 5.75 Å². The Balaban J connectivity index is 1.92. The number of rotatable bonds is 3. The second-order valence-electron chi connectivity index (χ2n) is 4.19. The van der Waals surface area contributed by atoms with Gasteiger partial charge in [-0.15, -0.1) is 0 Å². The van der Waals surface area contributed by atoms with Gasteiger partial charge in [-0.1, -0.05) is 0 Å². The highest BCUT2D eigenvalue weighted by Gasteiger charge is 2.24. The zero-order chi connectivity index (χ0) is 13.0. The fourth-order valence-corrected chi connectivity index (χ4v) is 1.74. The van der Waals surface area contributed by atoms with E-state index in [1.807, 2.05) is 0 Å². The summed E-state index contributed by atoms with van der Waals surface area (Å²) in [4.78, 5) is 17.2. The Morgan fingerprint density at radius 1 is 1.39 bits per heavy atom. The number of amides is 1. The number of hydroxylamine groups is 2. The van der Waals surface area contributed by atoms with Crippen molar-refractivity contribution in [3.8, 4) is 5.75 Å². The summed E-state index contributed by atoms with van der Waals surface area (Å²) >= 11 is 0. The van der Waals surface area contributed by atoms with Crippen LogP contribution in [0.2, 0.25) is 0 Å². The molecule has 0 aliphatic carbocycles. The van der Waals surface area contributed by atoms with Crippen molar-refractivity contribution in [2.75, 3.05) is 13.2 Å². The minimum atomic E-state index is -0.645. The van der Waals surface area contributed by atoms with E-state index in [0.29, 0.717) is 18.9 Å². The van der Waals surface area contributed by atoms with Gasteiger partial charge in [0.15, 0.2) is 6.10 Å². The number of carbonyl (C=O) groups is 1. The maximum Gasteiger partial charge on any atom is 0.286 e. The number of benzene rings is 1. The molecule has 1 aliphatic heterocycles. The maximum atomic E-state index is 12.7. The summed E-state index contributed by atoms with van der Waals surface area (Å²) in [5.74, 6) is -0.0750. The second-order valence-corrected chi connectivity index (χ2v) is 4.19. The Hall–Kier alpha value is -1.62. The molecule has 1 fully saturated rings. The summed E-state index contributed by atoms with van der Waals surface area (Å²) in [7, 11) is 0. The molecule has 0 spiro atoms. The Morgan fingerprint density at radius 3 is 2.72 bits per heavy atom. The minimum Gasteiger partial charge on any atom is -0.481 e. The molecule has 4 nitrogen and oxygen atoms in total. The number of hydrogen-bond acceptors (Lipinski definition) is 3. The molecule has 0 saturated carbocycles. The van der Waals surface area contributed by atoms with Crippen molar-refractivity contribution in [1.29, 1.82) is 0 Å². The molecule has 98 valence electrons. The number of hydrogen-bond donors (Lipinski definition) is 0. The molecule has 2 rings (SSSR count). The van der Waals surface area contributed by atoms with Gasteiger partial charge in [-0.3, -0.25) is 9.63 Å². The fraction of sp³-hybridized carbons (Fsp3) is 0.462. The van der Waals surface area contributed by atoms with Crippen LogP contribution in [0.1, 0.15) is 19.8 Å². The summed E-state index contributed by atoms with van der Waals surface area (Å²) < 4.78 is 18.2. The molecule has 1 aromatic carbocycles. The van der Waals surface area contributed by atoms with Gasteiger partial charge in [0, 0.05) is 6.54 Å². The largest absolute Gasteiger partial charge is 0.481 e. The highest BCUT2D eigenvalue weighted by atomic mass is 19.1. The summed E-state index contributed by atoms with van der Waals surface area (Å²) in [5, 5.41) is 1.34. The van der Waals surface area contributed by atoms with Crippen LogP contribution in [-0.2, 0) is 9.63 Å². The SMILES string of the molecule is CC(Oc1ccc(F)cc1)C(=O)N1CCCCO1. The molecule has 1 heterocycles. The molecule has 0 radical (unpaired) electrons. The number of halogens is 1. The number of nitrogens with zero attached hydrogens (tertiary/aromatic N) is 1. The molecule has 0 aromatic heterocycles. The van der Waals surface area contributed by atoms with Crippen molar-refractivity contribution in [1.82, 2.24) is 5.06 Å². The van der Waals surface area contributed by atoms with Crippen LogP contribution in [0.3, 0.4) is 0 Å². The lowest BCUT2D eigenvalue weighted by Gasteiger charge is -2.28. The lowest BCUT2D eigenvalue weighted by atomic mass is 10.2. The number of carbonyl (C=O) groups excluding carboxylic acids is 1. The third-order valence-electron chi connectivity index (χ3n) is 2.72. The molecule has 1 amide bonds. The maximum absolute atomic E-state index is 12.7. The van der Waals surface area contributed by atoms with Crippen molar-refractivity contribution in [3.05, 3.63) is 30.1 Å². The third-order valence-corrected chi connectivity index (χ3v) is 2.72. The lowest BCUT2D eigenvalue weighted by molar-refractivity contribution is -0.202. The van der Waals surface area contributed by atoms with E-state index in [1.54, 1.807) is 6.92 Å². The van der Waals surface area contributed by atoms with Gasteiger partial charge in [0.2, 0.25) is 0 Å². The minimum absolute atomic E-state index is 0.209. The van der Waals surface area contributed by atoms with Crippen molar-refractivity contribution < 1.29 is 18.8 Å². The van der Waals surface area contributed by atoms with Crippen LogP contribution >= 0.6 is 0 Å². The zero-order valence-corrected chi connectivity index (χ0v) is 10.3. The molecule has 18 heavy (non-hydrogen) atoms. The van der Waals surface area contributed by atoms with Crippen LogP contribution in [0.25, 0.3) is 0 Å². The van der Waals surface area contributed by atoms with E-state index in [0.717, 1.165) is 12.8 Å². The van der Waals surface area contributed by atoms with Crippen LogP contribution in [0, 0.1) is 5.82 Å². The van der Waals surface area contributed by atoms with Gasteiger partial charge in [0.25, 0.3) is 5.91 Å². The first-order valence-electron chi connectivity index (χ1n) is 6.03. The smallest absolute Gasteiger partial charge is 0.286 e. The number of ether oxygens (including phenoxy) is 1. The van der Waals surface area contributed by atoms with Gasteiger partial charge in [0.1, 0.15) is 11.6 Å².